The van der Waals surface area contributed by atoms with Gasteiger partial charge in [-0.3, -0.25) is 9.59 Å². The molecule has 0 aromatic heterocycles. The van der Waals surface area contributed by atoms with Gasteiger partial charge in [0.1, 0.15) is 17.9 Å². The van der Waals surface area contributed by atoms with Gasteiger partial charge < -0.3 is 15.7 Å². The van der Waals surface area contributed by atoms with Crippen LogP contribution in [0.15, 0.2) is 48.5 Å². The number of carboxylic acid groups (broad SMARTS) is 1. The Kier molecular flexibility index (Phi) is 7.43. The molecule has 0 radical (unpaired) electrons. The molecular weight excluding hydrogens is 377 g/mol. The van der Waals surface area contributed by atoms with Crippen molar-refractivity contribution in [3.63, 3.8) is 0 Å². The van der Waals surface area contributed by atoms with Gasteiger partial charge in [-0.15, -0.1) is 0 Å². The lowest BCUT2D eigenvalue weighted by Crippen LogP contribution is -2.52. The number of benzene rings is 2. The molecule has 0 bridgehead atoms. The van der Waals surface area contributed by atoms with Gasteiger partial charge in [-0.1, -0.05) is 30.3 Å². The van der Waals surface area contributed by atoms with Gasteiger partial charge in [-0.25, -0.2) is 9.18 Å². The topological polar surface area (TPSA) is 119 Å². The van der Waals surface area contributed by atoms with Gasteiger partial charge in [0, 0.05) is 19.8 Å². The second-order valence-electron chi connectivity index (χ2n) is 6.46. The Hall–Kier alpha value is -3.73. The van der Waals surface area contributed by atoms with E-state index in [4.69, 9.17) is 5.26 Å². The molecule has 2 rings (SSSR count). The largest absolute Gasteiger partial charge is 0.480 e. The van der Waals surface area contributed by atoms with E-state index in [0.29, 0.717) is 11.1 Å². The van der Waals surface area contributed by atoms with Crippen LogP contribution < -0.4 is 10.6 Å². The van der Waals surface area contributed by atoms with Crippen LogP contribution >= 0.6 is 0 Å². The van der Waals surface area contributed by atoms with Gasteiger partial charge >= 0.3 is 5.97 Å². The number of halogens is 1. The maximum Gasteiger partial charge on any atom is 0.326 e. The van der Waals surface area contributed by atoms with Crippen molar-refractivity contribution in [3.8, 4) is 6.07 Å². The summed E-state index contributed by atoms with van der Waals surface area (Å²) < 4.78 is 13.9. The van der Waals surface area contributed by atoms with Crippen LogP contribution in [0.4, 0.5) is 4.39 Å². The van der Waals surface area contributed by atoms with Crippen molar-refractivity contribution in [3.05, 3.63) is 71.0 Å². The SMILES string of the molecule is CC(=O)N[C@H](Cc1ccccc1F)C(=O)N[C@H](Cc1ccc(C#N)cc1)C(=O)O. The quantitative estimate of drug-likeness (QED) is 0.624. The van der Waals surface area contributed by atoms with Crippen LogP contribution in [0.2, 0.25) is 0 Å². The highest BCUT2D eigenvalue weighted by molar-refractivity contribution is 5.90. The van der Waals surface area contributed by atoms with Crippen molar-refractivity contribution in [2.75, 3.05) is 0 Å². The van der Waals surface area contributed by atoms with E-state index in [0.717, 1.165) is 0 Å². The van der Waals surface area contributed by atoms with E-state index in [-0.39, 0.29) is 18.4 Å². The molecule has 2 atom stereocenters. The summed E-state index contributed by atoms with van der Waals surface area (Å²) in [6.07, 6.45) is -0.138. The summed E-state index contributed by atoms with van der Waals surface area (Å²) in [5.41, 5.74) is 1.27. The number of hydrogen-bond acceptors (Lipinski definition) is 4. The molecule has 0 heterocycles. The number of rotatable bonds is 8. The average molecular weight is 397 g/mol. The van der Waals surface area contributed by atoms with Gasteiger partial charge in [0.05, 0.1) is 11.6 Å². The zero-order chi connectivity index (χ0) is 21.4. The molecule has 0 aliphatic rings. The van der Waals surface area contributed by atoms with E-state index < -0.39 is 35.7 Å². The molecule has 0 aliphatic carbocycles. The molecular formula is C21H20FN3O4. The molecule has 2 amide bonds. The summed E-state index contributed by atoms with van der Waals surface area (Å²) in [5, 5.41) is 23.1. The summed E-state index contributed by atoms with van der Waals surface area (Å²) in [6, 6.07) is 11.7. The van der Waals surface area contributed by atoms with Crippen LogP contribution in [0.5, 0.6) is 0 Å². The minimum Gasteiger partial charge on any atom is -0.480 e. The Morgan fingerprint density at radius 2 is 1.69 bits per heavy atom. The van der Waals surface area contributed by atoms with Gasteiger partial charge in [-0.2, -0.15) is 5.26 Å². The molecule has 8 heteroatoms. The predicted molar refractivity (Wildman–Crippen MR) is 102 cm³/mol. The second-order valence-corrected chi connectivity index (χ2v) is 6.46. The normalized spacial score (nSPS) is 12.3. The molecule has 0 saturated heterocycles. The van der Waals surface area contributed by atoms with Crippen LogP contribution in [0.25, 0.3) is 0 Å². The maximum atomic E-state index is 13.9. The first-order valence-corrected chi connectivity index (χ1v) is 8.83. The molecule has 7 nitrogen and oxygen atoms in total. The summed E-state index contributed by atoms with van der Waals surface area (Å²) in [6.45, 7) is 1.22. The number of nitriles is 1. The minimum absolute atomic E-state index is 0.0146. The first-order chi connectivity index (χ1) is 13.8. The first kappa shape index (κ1) is 21.6. The molecule has 3 N–H and O–H groups in total. The molecule has 150 valence electrons. The van der Waals surface area contributed by atoms with Crippen molar-refractivity contribution in [1.82, 2.24) is 10.6 Å². The van der Waals surface area contributed by atoms with Crippen molar-refractivity contribution < 1.29 is 23.9 Å². The van der Waals surface area contributed by atoms with Gasteiger partial charge in [0.25, 0.3) is 0 Å². The van der Waals surface area contributed by atoms with Crippen molar-refractivity contribution in [2.24, 2.45) is 0 Å². The number of carbonyl (C=O) groups is 3. The Morgan fingerprint density at radius 3 is 2.24 bits per heavy atom. The summed E-state index contributed by atoms with van der Waals surface area (Å²) >= 11 is 0. The molecule has 0 spiro atoms. The Morgan fingerprint density at radius 1 is 1.03 bits per heavy atom. The highest BCUT2D eigenvalue weighted by Gasteiger charge is 2.27. The Labute approximate surface area is 167 Å². The molecule has 0 saturated carbocycles. The van der Waals surface area contributed by atoms with Crippen LogP contribution in [0, 0.1) is 17.1 Å². The van der Waals surface area contributed by atoms with Gasteiger partial charge in [0.2, 0.25) is 11.8 Å². The third-order valence-electron chi connectivity index (χ3n) is 4.21. The zero-order valence-electron chi connectivity index (χ0n) is 15.7. The molecule has 0 fully saturated rings. The number of carbonyl (C=O) groups excluding carboxylic acids is 2. The van der Waals surface area contributed by atoms with Crippen LogP contribution in [0.1, 0.15) is 23.6 Å². The highest BCUT2D eigenvalue weighted by Crippen LogP contribution is 2.11. The van der Waals surface area contributed by atoms with E-state index in [2.05, 4.69) is 10.6 Å². The summed E-state index contributed by atoms with van der Waals surface area (Å²) in [7, 11) is 0. The fraction of sp³-hybridized carbons (Fsp3) is 0.238. The number of nitrogens with one attached hydrogen (secondary N) is 2. The van der Waals surface area contributed by atoms with Crippen LogP contribution in [0.3, 0.4) is 0 Å². The third-order valence-corrected chi connectivity index (χ3v) is 4.21. The lowest BCUT2D eigenvalue weighted by molar-refractivity contribution is -0.142. The van der Waals surface area contributed by atoms with Crippen LogP contribution in [-0.4, -0.2) is 35.0 Å². The number of hydrogen-bond donors (Lipinski definition) is 3. The van der Waals surface area contributed by atoms with Gasteiger partial charge in [0.15, 0.2) is 0 Å². The summed E-state index contributed by atoms with van der Waals surface area (Å²) in [4.78, 5) is 35.7. The third kappa shape index (κ3) is 6.43. The number of carboxylic acids is 1. The minimum atomic E-state index is -1.26. The molecule has 29 heavy (non-hydrogen) atoms. The predicted octanol–water partition coefficient (Wildman–Crippen LogP) is 1.56. The van der Waals surface area contributed by atoms with E-state index in [9.17, 15) is 23.9 Å². The van der Waals surface area contributed by atoms with E-state index in [1.54, 1.807) is 30.3 Å². The lowest BCUT2D eigenvalue weighted by atomic mass is 10.0. The average Bonchev–Trinajstić information content (AvgIpc) is 2.68. The molecule has 2 aromatic carbocycles. The first-order valence-electron chi connectivity index (χ1n) is 8.83. The molecule has 0 aliphatic heterocycles. The zero-order valence-corrected chi connectivity index (χ0v) is 15.7. The Balaban J connectivity index is 2.14. The monoisotopic (exact) mass is 397 g/mol. The van der Waals surface area contributed by atoms with E-state index in [1.807, 2.05) is 6.07 Å². The van der Waals surface area contributed by atoms with Crippen molar-refractivity contribution >= 4 is 17.8 Å². The number of nitrogens with zero attached hydrogens (tertiary/aromatic N) is 1. The van der Waals surface area contributed by atoms with Crippen molar-refractivity contribution in [2.45, 2.75) is 31.8 Å². The standard InChI is InChI=1S/C21H20FN3O4/c1-13(26)24-18(11-16-4-2-3-5-17(16)22)20(27)25-19(21(28)29)10-14-6-8-15(12-23)9-7-14/h2-9,18-19H,10-11H2,1H3,(H,24,26)(H,25,27)(H,28,29)/t18-,19-/m1/s1. The molecule has 0 unspecified atom stereocenters. The fourth-order valence-corrected chi connectivity index (χ4v) is 2.76. The smallest absolute Gasteiger partial charge is 0.326 e. The number of aliphatic carboxylic acids is 1. The lowest BCUT2D eigenvalue weighted by Gasteiger charge is -2.21. The van der Waals surface area contributed by atoms with Crippen molar-refractivity contribution in [1.29, 1.82) is 5.26 Å². The van der Waals surface area contributed by atoms with E-state index >= 15 is 0 Å². The fourth-order valence-electron chi connectivity index (χ4n) is 2.76. The second kappa shape index (κ2) is 9.99. The van der Waals surface area contributed by atoms with E-state index in [1.165, 1.54) is 25.1 Å². The number of amides is 2. The summed E-state index contributed by atoms with van der Waals surface area (Å²) in [5.74, 6) is -3.01. The van der Waals surface area contributed by atoms with Crippen LogP contribution in [-0.2, 0) is 27.2 Å². The molecule has 2 aromatic rings. The maximum absolute atomic E-state index is 13.9. The Bertz CT molecular complexity index is 938. The highest BCUT2D eigenvalue weighted by atomic mass is 19.1. The van der Waals surface area contributed by atoms with Gasteiger partial charge in [-0.05, 0) is 29.3 Å².